The first-order valence-electron chi connectivity index (χ1n) is 7.12. The Morgan fingerprint density at radius 2 is 1.81 bits per heavy atom. The van der Waals surface area contributed by atoms with Crippen molar-refractivity contribution in [1.29, 1.82) is 0 Å². The highest BCUT2D eigenvalue weighted by molar-refractivity contribution is 6.30. The van der Waals surface area contributed by atoms with Gasteiger partial charge in [0.1, 0.15) is 5.82 Å². The lowest BCUT2D eigenvalue weighted by Crippen LogP contribution is -2.44. The first kappa shape index (κ1) is 16.0. The summed E-state index contributed by atoms with van der Waals surface area (Å²) in [6, 6.07) is 15.3. The third-order valence-corrected chi connectivity index (χ3v) is 4.41. The molecule has 1 unspecified atom stereocenters. The maximum absolute atomic E-state index is 14.0. The third kappa shape index (κ3) is 3.63. The predicted molar refractivity (Wildman–Crippen MR) is 87.4 cm³/mol. The number of benzene rings is 2. The van der Waals surface area contributed by atoms with Crippen molar-refractivity contribution in [3.05, 3.63) is 70.5 Å². The van der Waals surface area contributed by atoms with Gasteiger partial charge in [-0.15, -0.1) is 0 Å². The Morgan fingerprint density at radius 3 is 2.38 bits per heavy atom. The van der Waals surface area contributed by atoms with Gasteiger partial charge < -0.3 is 5.32 Å². The number of hydrogen-bond donors (Lipinski definition) is 1. The maximum atomic E-state index is 14.0. The predicted octanol–water partition coefficient (Wildman–Crippen LogP) is 4.59. The molecule has 112 valence electrons. The molecule has 0 fully saturated rings. The minimum absolute atomic E-state index is 0.109. The molecule has 0 saturated carbocycles. The Kier molecular flexibility index (Phi) is 5.02. The van der Waals surface area contributed by atoms with Gasteiger partial charge in [0, 0.05) is 16.5 Å². The molecule has 2 rings (SSSR count). The van der Waals surface area contributed by atoms with E-state index in [9.17, 15) is 4.39 Å². The standard InChI is InChI=1S/C18H21ClFN/c1-18(2,14-7-5-4-6-8-14)17(21-3)11-13-9-10-15(19)12-16(13)20/h4-10,12,17,21H,11H2,1-3H3. The van der Waals surface area contributed by atoms with Crippen LogP contribution in [0.5, 0.6) is 0 Å². The first-order valence-corrected chi connectivity index (χ1v) is 7.49. The van der Waals surface area contributed by atoms with E-state index >= 15 is 0 Å². The average molecular weight is 306 g/mol. The zero-order valence-electron chi connectivity index (χ0n) is 12.7. The van der Waals surface area contributed by atoms with Gasteiger partial charge in [-0.3, -0.25) is 0 Å². The summed E-state index contributed by atoms with van der Waals surface area (Å²) in [4.78, 5) is 0. The smallest absolute Gasteiger partial charge is 0.127 e. The van der Waals surface area contributed by atoms with Gasteiger partial charge in [0.25, 0.3) is 0 Å². The summed E-state index contributed by atoms with van der Waals surface area (Å²) in [5, 5.41) is 3.76. The average Bonchev–Trinajstić information content (AvgIpc) is 2.47. The van der Waals surface area contributed by atoms with Crippen molar-refractivity contribution in [2.45, 2.75) is 31.7 Å². The summed E-state index contributed by atoms with van der Waals surface area (Å²) in [6.45, 7) is 4.36. The topological polar surface area (TPSA) is 12.0 Å². The van der Waals surface area contributed by atoms with Crippen molar-refractivity contribution < 1.29 is 4.39 Å². The minimum Gasteiger partial charge on any atom is -0.316 e. The monoisotopic (exact) mass is 305 g/mol. The molecule has 2 aromatic carbocycles. The van der Waals surface area contributed by atoms with E-state index in [4.69, 9.17) is 11.6 Å². The first-order chi connectivity index (χ1) is 9.95. The second-order valence-corrected chi connectivity index (χ2v) is 6.31. The number of hydrogen-bond acceptors (Lipinski definition) is 1. The van der Waals surface area contributed by atoms with Crippen LogP contribution in [0.25, 0.3) is 0 Å². The van der Waals surface area contributed by atoms with Crippen LogP contribution in [-0.2, 0) is 11.8 Å². The third-order valence-electron chi connectivity index (χ3n) is 4.18. The highest BCUT2D eigenvalue weighted by Gasteiger charge is 2.30. The largest absolute Gasteiger partial charge is 0.316 e. The van der Waals surface area contributed by atoms with Crippen LogP contribution >= 0.6 is 11.6 Å². The van der Waals surface area contributed by atoms with Crippen LogP contribution in [0.15, 0.2) is 48.5 Å². The van der Waals surface area contributed by atoms with Gasteiger partial charge in [0.05, 0.1) is 0 Å². The summed E-state index contributed by atoms with van der Waals surface area (Å²) in [5.74, 6) is -0.244. The Labute approximate surface area is 131 Å². The fraction of sp³-hybridized carbons (Fsp3) is 0.333. The van der Waals surface area contributed by atoms with E-state index in [2.05, 4.69) is 31.3 Å². The zero-order valence-corrected chi connectivity index (χ0v) is 13.4. The molecule has 0 aliphatic rings. The van der Waals surface area contributed by atoms with E-state index in [0.717, 1.165) is 0 Å². The highest BCUT2D eigenvalue weighted by Crippen LogP contribution is 2.29. The molecule has 0 amide bonds. The van der Waals surface area contributed by atoms with Gasteiger partial charge in [0.15, 0.2) is 0 Å². The van der Waals surface area contributed by atoms with E-state index in [1.54, 1.807) is 12.1 Å². The van der Waals surface area contributed by atoms with Gasteiger partial charge in [-0.1, -0.05) is 61.8 Å². The number of halogens is 2. The van der Waals surface area contributed by atoms with Gasteiger partial charge in [-0.05, 0) is 36.7 Å². The van der Waals surface area contributed by atoms with Crippen LogP contribution < -0.4 is 5.32 Å². The summed E-state index contributed by atoms with van der Waals surface area (Å²) in [7, 11) is 1.92. The van der Waals surface area contributed by atoms with Crippen molar-refractivity contribution in [3.8, 4) is 0 Å². The second-order valence-electron chi connectivity index (χ2n) is 5.87. The van der Waals surface area contributed by atoms with Crippen LogP contribution in [0.3, 0.4) is 0 Å². The minimum atomic E-state index is -0.244. The normalized spacial score (nSPS) is 13.2. The molecule has 0 radical (unpaired) electrons. The molecule has 1 atom stereocenters. The molecule has 3 heteroatoms. The van der Waals surface area contributed by atoms with Gasteiger partial charge in [-0.2, -0.15) is 0 Å². The number of rotatable bonds is 5. The summed E-state index contributed by atoms with van der Waals surface area (Å²) in [6.07, 6.45) is 0.612. The molecular formula is C18H21ClFN. The van der Waals surface area contributed by atoms with E-state index in [1.807, 2.05) is 25.2 Å². The lowest BCUT2D eigenvalue weighted by atomic mass is 9.75. The molecule has 21 heavy (non-hydrogen) atoms. The summed E-state index contributed by atoms with van der Waals surface area (Å²) in [5.41, 5.74) is 1.81. The maximum Gasteiger partial charge on any atom is 0.127 e. The van der Waals surface area contributed by atoms with Crippen LogP contribution in [0.4, 0.5) is 4.39 Å². The van der Waals surface area contributed by atoms with Crippen LogP contribution in [0.2, 0.25) is 5.02 Å². The Balaban J connectivity index is 2.27. The van der Waals surface area contributed by atoms with E-state index in [-0.39, 0.29) is 17.3 Å². The number of nitrogens with one attached hydrogen (secondary N) is 1. The van der Waals surface area contributed by atoms with Crippen molar-refractivity contribution in [1.82, 2.24) is 5.32 Å². The Bertz CT molecular complexity index is 595. The lowest BCUT2D eigenvalue weighted by molar-refractivity contribution is 0.353. The van der Waals surface area contributed by atoms with Crippen LogP contribution in [0.1, 0.15) is 25.0 Å². The fourth-order valence-electron chi connectivity index (χ4n) is 2.69. The van der Waals surface area contributed by atoms with Crippen molar-refractivity contribution >= 4 is 11.6 Å². The molecule has 0 heterocycles. The fourth-order valence-corrected chi connectivity index (χ4v) is 2.85. The van der Waals surface area contributed by atoms with Crippen molar-refractivity contribution in [2.75, 3.05) is 7.05 Å². The van der Waals surface area contributed by atoms with Gasteiger partial charge in [-0.25, -0.2) is 4.39 Å². The quantitative estimate of drug-likeness (QED) is 0.852. The molecule has 0 bridgehead atoms. The molecule has 1 nitrogen and oxygen atoms in total. The molecule has 0 aromatic heterocycles. The van der Waals surface area contributed by atoms with Gasteiger partial charge >= 0.3 is 0 Å². The van der Waals surface area contributed by atoms with Crippen LogP contribution in [0, 0.1) is 5.82 Å². The molecule has 1 N–H and O–H groups in total. The summed E-state index contributed by atoms with van der Waals surface area (Å²) < 4.78 is 14.0. The SMILES string of the molecule is CNC(Cc1ccc(Cl)cc1F)C(C)(C)c1ccccc1. The second kappa shape index (κ2) is 6.59. The molecule has 0 aliphatic heterocycles. The zero-order chi connectivity index (χ0) is 15.5. The van der Waals surface area contributed by atoms with Crippen molar-refractivity contribution in [3.63, 3.8) is 0 Å². The molecule has 2 aromatic rings. The van der Waals surface area contributed by atoms with E-state index in [0.29, 0.717) is 17.0 Å². The van der Waals surface area contributed by atoms with Gasteiger partial charge in [0.2, 0.25) is 0 Å². The molecule has 0 spiro atoms. The molecular weight excluding hydrogens is 285 g/mol. The Morgan fingerprint density at radius 1 is 1.14 bits per heavy atom. The molecule has 0 saturated heterocycles. The van der Waals surface area contributed by atoms with E-state index in [1.165, 1.54) is 11.6 Å². The highest BCUT2D eigenvalue weighted by atomic mass is 35.5. The molecule has 0 aliphatic carbocycles. The Hall–Kier alpha value is -1.38. The summed E-state index contributed by atoms with van der Waals surface area (Å²) >= 11 is 5.82. The lowest BCUT2D eigenvalue weighted by Gasteiger charge is -2.35. The number of likely N-dealkylation sites (N-methyl/N-ethyl adjacent to an activating group) is 1. The van der Waals surface area contributed by atoms with E-state index < -0.39 is 0 Å². The van der Waals surface area contributed by atoms with Crippen LogP contribution in [-0.4, -0.2) is 13.1 Å². The van der Waals surface area contributed by atoms with Crippen molar-refractivity contribution in [2.24, 2.45) is 0 Å².